The van der Waals surface area contributed by atoms with Crippen molar-refractivity contribution in [1.82, 2.24) is 0 Å². The van der Waals surface area contributed by atoms with Crippen LogP contribution in [-0.2, 0) is 14.3 Å². The summed E-state index contributed by atoms with van der Waals surface area (Å²) in [5.74, 6) is -0.687. The van der Waals surface area contributed by atoms with Crippen LogP contribution in [0.4, 0.5) is 0 Å². The zero-order chi connectivity index (χ0) is 27.1. The van der Waals surface area contributed by atoms with Gasteiger partial charge < -0.3 is 4.74 Å². The third-order valence-electron chi connectivity index (χ3n) is 7.01. The van der Waals surface area contributed by atoms with Gasteiger partial charge in [0.25, 0.3) is 0 Å². The van der Waals surface area contributed by atoms with Crippen LogP contribution in [0.2, 0.25) is 0 Å². The van der Waals surface area contributed by atoms with E-state index in [2.05, 4.69) is 38.2 Å². The first kappa shape index (κ1) is 44.1. The van der Waals surface area contributed by atoms with Gasteiger partial charge in [-0.2, -0.15) is 0 Å². The predicted octanol–water partition coefficient (Wildman–Crippen LogP) is 10.1. The number of hydrogen-bond acceptors (Lipinski definition) is 3. The van der Waals surface area contributed by atoms with Crippen molar-refractivity contribution in [3.05, 3.63) is 24.3 Å². The number of hydrogen-bond donors (Lipinski definition) is 0. The summed E-state index contributed by atoms with van der Waals surface area (Å²) in [7, 11) is 0. The normalized spacial score (nSPS) is 11.0. The fourth-order valence-electron chi connectivity index (χ4n) is 4.56. The van der Waals surface area contributed by atoms with E-state index in [9.17, 15) is 9.59 Å². The summed E-state index contributed by atoms with van der Waals surface area (Å²) in [6.45, 7) is 4.51. The van der Waals surface area contributed by atoms with Gasteiger partial charge in [0.05, 0.1) is 0 Å². The molecule has 0 saturated carbocycles. The average molecular weight is 567 g/mol. The van der Waals surface area contributed by atoms with E-state index in [0.29, 0.717) is 12.8 Å². The minimum atomic E-state index is -0.344. The number of carbonyl (C=O) groups excluding carboxylic acids is 2. The molecule has 0 radical (unpaired) electrons. The minimum absolute atomic E-state index is 0. The van der Waals surface area contributed by atoms with Gasteiger partial charge in [-0.25, -0.2) is 0 Å². The molecule has 0 N–H and O–H groups in total. The molecule has 0 atom stereocenters. The Hall–Kier alpha value is 0.620. The molecule has 0 rings (SSSR count). The van der Waals surface area contributed by atoms with Crippen molar-refractivity contribution < 1.29 is 14.3 Å². The van der Waals surface area contributed by atoms with E-state index in [-0.39, 0.29) is 71.1 Å². The number of carbonyl (C=O) groups is 2. The Morgan fingerprint density at radius 3 is 1.00 bits per heavy atom. The summed E-state index contributed by atoms with van der Waals surface area (Å²) in [5, 5.41) is 0. The Balaban J connectivity index is -0.00000648. The molecule has 0 aliphatic carbocycles. The van der Waals surface area contributed by atoms with Gasteiger partial charge in [-0.15, -0.1) is 0 Å². The topological polar surface area (TPSA) is 43.4 Å². The van der Waals surface area contributed by atoms with Gasteiger partial charge in [0, 0.05) is 12.8 Å². The zero-order valence-electron chi connectivity index (χ0n) is 24.9. The van der Waals surface area contributed by atoms with Crippen molar-refractivity contribution >= 4 is 71.1 Å². The second-order valence-corrected chi connectivity index (χ2v) is 10.8. The van der Waals surface area contributed by atoms with E-state index in [1.165, 1.54) is 116 Å². The molecule has 0 fully saturated rings. The second kappa shape index (κ2) is 38.6. The number of ether oxygens (including phenoxy) is 1. The molecule has 0 saturated heterocycles. The van der Waals surface area contributed by atoms with Crippen LogP contribution >= 0.6 is 0 Å². The predicted molar refractivity (Wildman–Crippen MR) is 175 cm³/mol. The number of esters is 2. The van der Waals surface area contributed by atoms with Gasteiger partial charge in [-0.1, -0.05) is 128 Å². The fraction of sp³-hybridized carbons (Fsp3) is 0.824. The van der Waals surface area contributed by atoms with Gasteiger partial charge in [-0.3, -0.25) is 9.59 Å². The Kier molecular flexibility index (Phi) is 43.6. The SMILES string of the molecule is CCCCCCC=CCCCCCCCC(=O)OC(=O)CCCCCCC/C=C\CCCCCCCC.[NaH].[NaH]. The van der Waals surface area contributed by atoms with Crippen molar-refractivity contribution in [3.8, 4) is 0 Å². The van der Waals surface area contributed by atoms with Gasteiger partial charge in [0.1, 0.15) is 0 Å². The van der Waals surface area contributed by atoms with E-state index in [4.69, 9.17) is 4.74 Å². The van der Waals surface area contributed by atoms with Crippen LogP contribution in [0, 0.1) is 0 Å². The van der Waals surface area contributed by atoms with Crippen molar-refractivity contribution in [1.29, 1.82) is 0 Å². The monoisotopic (exact) mass is 566 g/mol. The van der Waals surface area contributed by atoms with Crippen LogP contribution in [0.15, 0.2) is 24.3 Å². The van der Waals surface area contributed by atoms with E-state index in [1.807, 2.05) is 0 Å². The summed E-state index contributed by atoms with van der Waals surface area (Å²) in [6, 6.07) is 0. The first-order valence-corrected chi connectivity index (χ1v) is 16.2. The van der Waals surface area contributed by atoms with Gasteiger partial charge in [0.15, 0.2) is 0 Å². The molecule has 5 heteroatoms. The van der Waals surface area contributed by atoms with Crippen LogP contribution in [0.3, 0.4) is 0 Å². The average Bonchev–Trinajstić information content (AvgIpc) is 2.89. The molecule has 0 unspecified atom stereocenters. The first-order valence-electron chi connectivity index (χ1n) is 16.2. The molecule has 220 valence electrons. The second-order valence-electron chi connectivity index (χ2n) is 10.8. The first-order chi connectivity index (χ1) is 18.2. The fourth-order valence-corrected chi connectivity index (χ4v) is 4.56. The Morgan fingerprint density at radius 1 is 0.410 bits per heavy atom. The molecule has 0 spiro atoms. The molecule has 39 heavy (non-hydrogen) atoms. The summed E-state index contributed by atoms with van der Waals surface area (Å²) in [5.41, 5.74) is 0. The number of unbranched alkanes of at least 4 members (excludes halogenated alkanes) is 20. The molecule has 0 bridgehead atoms. The molecule has 3 nitrogen and oxygen atoms in total. The van der Waals surface area contributed by atoms with Crippen LogP contribution < -0.4 is 0 Å². The third kappa shape index (κ3) is 38.6. The van der Waals surface area contributed by atoms with Crippen LogP contribution in [-0.4, -0.2) is 71.1 Å². The molecule has 0 heterocycles. The van der Waals surface area contributed by atoms with Crippen LogP contribution in [0.25, 0.3) is 0 Å². The Bertz CT molecular complexity index is 561. The maximum atomic E-state index is 11.9. The van der Waals surface area contributed by atoms with Crippen molar-refractivity contribution in [2.24, 2.45) is 0 Å². The zero-order valence-corrected chi connectivity index (χ0v) is 24.9. The van der Waals surface area contributed by atoms with Crippen molar-refractivity contribution in [3.63, 3.8) is 0 Å². The molecule has 0 aromatic carbocycles. The third-order valence-corrected chi connectivity index (χ3v) is 7.01. The summed E-state index contributed by atoms with van der Waals surface area (Å²) in [4.78, 5) is 23.7. The van der Waals surface area contributed by atoms with Crippen molar-refractivity contribution in [2.45, 2.75) is 181 Å². The van der Waals surface area contributed by atoms with Crippen LogP contribution in [0.5, 0.6) is 0 Å². The van der Waals surface area contributed by atoms with E-state index in [0.717, 1.165) is 38.5 Å². The standard InChI is InChI=1S/C34H62O3.2Na.2H/c1-3-5-7-9-11-13-15-17-18-20-22-24-26-28-30-32-34(36)37-33(35)31-29-27-25-23-21-19-16-14-12-10-8-6-4-2;;;;/h14,16-18H,3-13,15,19-32H2,1-2H3;;;;/b16-14?,18-17-;;;;. The summed E-state index contributed by atoms with van der Waals surface area (Å²) < 4.78 is 4.98. The molecule has 0 aromatic rings. The molecule has 0 aliphatic heterocycles. The quantitative estimate of drug-likeness (QED) is 0.0311. The summed E-state index contributed by atoms with van der Waals surface area (Å²) >= 11 is 0. The molecular weight excluding hydrogens is 502 g/mol. The van der Waals surface area contributed by atoms with E-state index < -0.39 is 0 Å². The van der Waals surface area contributed by atoms with Gasteiger partial charge in [0.2, 0.25) is 0 Å². The Labute approximate surface area is 288 Å². The van der Waals surface area contributed by atoms with Gasteiger partial charge >= 0.3 is 71.1 Å². The molecule has 0 aromatic heterocycles. The Morgan fingerprint density at radius 2 is 0.667 bits per heavy atom. The van der Waals surface area contributed by atoms with E-state index >= 15 is 0 Å². The molecular formula is C34H64Na2O3. The maximum absolute atomic E-state index is 11.9. The molecule has 0 aliphatic rings. The van der Waals surface area contributed by atoms with Crippen LogP contribution in [0.1, 0.15) is 181 Å². The number of rotatable bonds is 28. The van der Waals surface area contributed by atoms with Crippen molar-refractivity contribution in [2.75, 3.05) is 0 Å². The molecule has 0 amide bonds. The van der Waals surface area contributed by atoms with E-state index in [1.54, 1.807) is 0 Å². The van der Waals surface area contributed by atoms with Gasteiger partial charge in [-0.05, 0) is 64.2 Å². The summed E-state index contributed by atoms with van der Waals surface area (Å²) in [6.07, 6.45) is 39.3. The number of allylic oxidation sites excluding steroid dienone is 4.